The third-order valence-corrected chi connectivity index (χ3v) is 4.70. The van der Waals surface area contributed by atoms with E-state index in [1.165, 1.54) is 17.0 Å². The van der Waals surface area contributed by atoms with Crippen LogP contribution in [0.15, 0.2) is 69.6 Å². The highest BCUT2D eigenvalue weighted by atomic mass is 32.1. The maximum Gasteiger partial charge on any atom is 0.191 e. The molecule has 0 bridgehead atoms. The second-order valence-corrected chi connectivity index (χ2v) is 6.84. The van der Waals surface area contributed by atoms with Gasteiger partial charge in [-0.2, -0.15) is 0 Å². The van der Waals surface area contributed by atoms with E-state index in [0.717, 1.165) is 43.2 Å². The topological polar surface area (TPSA) is 49.6 Å². The average molecular weight is 371 g/mol. The number of halogens is 1. The van der Waals surface area contributed by atoms with Crippen LogP contribution in [0.3, 0.4) is 0 Å². The van der Waals surface area contributed by atoms with Crippen LogP contribution < -0.4 is 10.6 Å². The Morgan fingerprint density at radius 1 is 1.00 bits per heavy atom. The number of nitrogens with zero attached hydrogens (tertiary/aromatic N) is 1. The first kappa shape index (κ1) is 18.2. The maximum atomic E-state index is 13.0. The molecule has 1 aromatic carbocycles. The Labute approximate surface area is 156 Å². The molecule has 4 nitrogen and oxygen atoms in total. The van der Waals surface area contributed by atoms with E-state index in [0.29, 0.717) is 6.54 Å². The highest BCUT2D eigenvalue weighted by Crippen LogP contribution is 2.09. The van der Waals surface area contributed by atoms with Gasteiger partial charge in [0.05, 0.1) is 12.8 Å². The van der Waals surface area contributed by atoms with Gasteiger partial charge in [-0.25, -0.2) is 9.38 Å². The summed E-state index contributed by atoms with van der Waals surface area (Å²) in [7, 11) is 0. The van der Waals surface area contributed by atoms with Crippen LogP contribution in [0, 0.1) is 5.82 Å². The van der Waals surface area contributed by atoms with Crippen molar-refractivity contribution in [1.29, 1.82) is 0 Å². The molecule has 0 atom stereocenters. The Balaban J connectivity index is 1.50. The summed E-state index contributed by atoms with van der Waals surface area (Å²) in [5.41, 5.74) is 1.09. The normalized spacial score (nSPS) is 11.5. The van der Waals surface area contributed by atoms with Gasteiger partial charge in [-0.05, 0) is 47.7 Å². The smallest absolute Gasteiger partial charge is 0.191 e. The van der Waals surface area contributed by atoms with Gasteiger partial charge in [0.2, 0.25) is 0 Å². The fraction of sp³-hybridized carbons (Fsp3) is 0.250. The maximum absolute atomic E-state index is 13.0. The molecule has 0 saturated carbocycles. The number of nitrogens with one attached hydrogen (secondary N) is 2. The van der Waals surface area contributed by atoms with E-state index in [1.54, 1.807) is 17.6 Å². The molecule has 2 N–H and O–H groups in total. The van der Waals surface area contributed by atoms with Gasteiger partial charge in [-0.1, -0.05) is 18.2 Å². The second kappa shape index (κ2) is 9.77. The molecule has 0 aliphatic carbocycles. The number of furan rings is 1. The fourth-order valence-electron chi connectivity index (χ4n) is 2.47. The summed E-state index contributed by atoms with van der Waals surface area (Å²) in [6.07, 6.45) is 3.28. The molecule has 2 aromatic heterocycles. The van der Waals surface area contributed by atoms with Gasteiger partial charge in [0.1, 0.15) is 11.6 Å². The van der Waals surface area contributed by atoms with Crippen molar-refractivity contribution in [1.82, 2.24) is 10.6 Å². The zero-order valence-corrected chi connectivity index (χ0v) is 15.3. The van der Waals surface area contributed by atoms with Crippen molar-refractivity contribution in [2.45, 2.75) is 19.4 Å². The van der Waals surface area contributed by atoms with Crippen molar-refractivity contribution in [3.8, 4) is 0 Å². The number of rotatable bonds is 8. The van der Waals surface area contributed by atoms with Gasteiger partial charge in [0, 0.05) is 24.4 Å². The molecule has 0 aliphatic heterocycles. The monoisotopic (exact) mass is 371 g/mol. The number of aliphatic imine (C=N–C) groups is 1. The van der Waals surface area contributed by atoms with Crippen molar-refractivity contribution in [2.75, 3.05) is 13.1 Å². The van der Waals surface area contributed by atoms with Crippen LogP contribution in [0.5, 0.6) is 0 Å². The summed E-state index contributed by atoms with van der Waals surface area (Å²) < 4.78 is 18.3. The molecular weight excluding hydrogens is 349 g/mol. The van der Waals surface area contributed by atoms with E-state index in [1.807, 2.05) is 30.3 Å². The minimum atomic E-state index is -0.209. The molecule has 3 rings (SSSR count). The van der Waals surface area contributed by atoms with Gasteiger partial charge in [0.15, 0.2) is 5.96 Å². The van der Waals surface area contributed by atoms with E-state index in [9.17, 15) is 4.39 Å². The van der Waals surface area contributed by atoms with Crippen LogP contribution in [0.4, 0.5) is 4.39 Å². The summed E-state index contributed by atoms with van der Waals surface area (Å²) >= 11 is 1.70. The largest absolute Gasteiger partial charge is 0.469 e. The number of hydrogen-bond acceptors (Lipinski definition) is 3. The lowest BCUT2D eigenvalue weighted by Gasteiger charge is -2.12. The summed E-state index contributed by atoms with van der Waals surface area (Å²) in [6.45, 7) is 2.10. The lowest BCUT2D eigenvalue weighted by molar-refractivity contribution is 0.506. The standard InChI is InChI=1S/C20H22FN3OS/c21-17-7-5-16(6-8-17)9-11-22-20(24-15-19-4-2-14-26-19)23-12-10-18-3-1-13-25-18/h1-8,13-14H,9-12,15H2,(H2,22,23,24). The van der Waals surface area contributed by atoms with Crippen LogP contribution in [-0.4, -0.2) is 19.0 Å². The van der Waals surface area contributed by atoms with E-state index in [2.05, 4.69) is 27.1 Å². The van der Waals surface area contributed by atoms with Gasteiger partial charge < -0.3 is 15.1 Å². The van der Waals surface area contributed by atoms with Crippen LogP contribution >= 0.6 is 11.3 Å². The average Bonchev–Trinajstić information content (AvgIpc) is 3.35. The Morgan fingerprint density at radius 3 is 2.50 bits per heavy atom. The molecule has 0 aliphatic rings. The van der Waals surface area contributed by atoms with Gasteiger partial charge in [-0.15, -0.1) is 11.3 Å². The van der Waals surface area contributed by atoms with Crippen molar-refractivity contribution in [3.63, 3.8) is 0 Å². The van der Waals surface area contributed by atoms with Gasteiger partial charge in [0.25, 0.3) is 0 Å². The minimum Gasteiger partial charge on any atom is -0.469 e. The number of hydrogen-bond donors (Lipinski definition) is 2. The molecular formula is C20H22FN3OS. The highest BCUT2D eigenvalue weighted by Gasteiger charge is 2.02. The Morgan fingerprint density at radius 2 is 1.81 bits per heavy atom. The zero-order chi connectivity index (χ0) is 18.0. The van der Waals surface area contributed by atoms with Crippen molar-refractivity contribution < 1.29 is 8.81 Å². The van der Waals surface area contributed by atoms with E-state index in [-0.39, 0.29) is 5.82 Å². The Hall–Kier alpha value is -2.60. The van der Waals surface area contributed by atoms with Crippen LogP contribution in [-0.2, 0) is 19.4 Å². The summed E-state index contributed by atoms with van der Waals surface area (Å²) in [6, 6.07) is 14.6. The van der Waals surface area contributed by atoms with E-state index < -0.39 is 0 Å². The number of benzene rings is 1. The molecule has 0 unspecified atom stereocenters. The molecule has 0 radical (unpaired) electrons. The SMILES string of the molecule is Fc1ccc(CCNC(=NCc2cccs2)NCCc2ccco2)cc1. The summed E-state index contributed by atoms with van der Waals surface area (Å²) in [5.74, 6) is 1.51. The highest BCUT2D eigenvalue weighted by molar-refractivity contribution is 7.09. The van der Waals surface area contributed by atoms with Crippen molar-refractivity contribution in [3.05, 3.63) is 82.2 Å². The third kappa shape index (κ3) is 6.04. The molecule has 0 amide bonds. The lowest BCUT2D eigenvalue weighted by atomic mass is 10.1. The molecule has 2 heterocycles. The molecule has 0 spiro atoms. The first-order valence-corrected chi connectivity index (χ1v) is 9.49. The molecule has 3 aromatic rings. The second-order valence-electron chi connectivity index (χ2n) is 5.80. The first-order valence-electron chi connectivity index (χ1n) is 8.61. The van der Waals surface area contributed by atoms with Gasteiger partial charge >= 0.3 is 0 Å². The van der Waals surface area contributed by atoms with Crippen molar-refractivity contribution in [2.24, 2.45) is 4.99 Å². The van der Waals surface area contributed by atoms with Crippen molar-refractivity contribution >= 4 is 17.3 Å². The molecule has 0 saturated heterocycles. The van der Waals surface area contributed by atoms with Crippen LogP contribution in [0.2, 0.25) is 0 Å². The van der Waals surface area contributed by atoms with Gasteiger partial charge in [-0.3, -0.25) is 0 Å². The Bertz CT molecular complexity index is 783. The number of thiophene rings is 1. The predicted octanol–water partition coefficient (Wildman–Crippen LogP) is 4.00. The number of guanidine groups is 1. The third-order valence-electron chi connectivity index (χ3n) is 3.84. The molecule has 6 heteroatoms. The van der Waals surface area contributed by atoms with E-state index in [4.69, 9.17) is 4.42 Å². The quantitative estimate of drug-likeness (QED) is 0.465. The molecule has 26 heavy (non-hydrogen) atoms. The Kier molecular flexibility index (Phi) is 6.84. The fourth-order valence-corrected chi connectivity index (χ4v) is 3.10. The summed E-state index contributed by atoms with van der Waals surface area (Å²) in [4.78, 5) is 5.86. The van der Waals surface area contributed by atoms with Crippen LogP contribution in [0.1, 0.15) is 16.2 Å². The minimum absolute atomic E-state index is 0.209. The predicted molar refractivity (Wildman–Crippen MR) is 104 cm³/mol. The molecule has 136 valence electrons. The molecule has 0 fully saturated rings. The summed E-state index contributed by atoms with van der Waals surface area (Å²) in [5, 5.41) is 8.74. The lowest BCUT2D eigenvalue weighted by Crippen LogP contribution is -2.39. The zero-order valence-electron chi connectivity index (χ0n) is 14.5. The van der Waals surface area contributed by atoms with E-state index >= 15 is 0 Å². The van der Waals surface area contributed by atoms with Crippen LogP contribution in [0.25, 0.3) is 0 Å². The first-order chi connectivity index (χ1) is 12.8.